The molecule has 0 N–H and O–H groups in total. The maximum Gasteiger partial charge on any atom is 0.243 e. The molecular formula is C27H31NO4S2. The van der Waals surface area contributed by atoms with Gasteiger partial charge in [0.05, 0.1) is 21.2 Å². The van der Waals surface area contributed by atoms with Gasteiger partial charge in [-0.3, -0.25) is 0 Å². The van der Waals surface area contributed by atoms with Crippen LogP contribution in [0.4, 0.5) is 0 Å². The Morgan fingerprint density at radius 2 is 1.59 bits per heavy atom. The van der Waals surface area contributed by atoms with Crippen molar-refractivity contribution in [2.24, 2.45) is 0 Å². The van der Waals surface area contributed by atoms with Crippen LogP contribution in [0.5, 0.6) is 0 Å². The summed E-state index contributed by atoms with van der Waals surface area (Å²) in [5, 5.41) is 0. The van der Waals surface area contributed by atoms with Crippen molar-refractivity contribution in [2.45, 2.75) is 55.7 Å². The Bertz CT molecular complexity index is 1350. The van der Waals surface area contributed by atoms with Crippen molar-refractivity contribution in [3.8, 4) is 0 Å². The lowest BCUT2D eigenvalue weighted by atomic mass is 9.93. The highest BCUT2D eigenvalue weighted by Crippen LogP contribution is 2.38. The molecule has 4 rings (SSSR count). The molecule has 0 bridgehead atoms. The Kier molecular flexibility index (Phi) is 7.26. The molecule has 7 heteroatoms. The smallest absolute Gasteiger partial charge is 0.219 e. The molecule has 1 aliphatic heterocycles. The van der Waals surface area contributed by atoms with Crippen molar-refractivity contribution in [3.63, 3.8) is 0 Å². The van der Waals surface area contributed by atoms with Crippen molar-refractivity contribution in [1.82, 2.24) is 4.31 Å². The lowest BCUT2D eigenvalue weighted by Gasteiger charge is -2.32. The summed E-state index contributed by atoms with van der Waals surface area (Å²) in [5.74, 6) is 0. The van der Waals surface area contributed by atoms with Crippen LogP contribution in [0.25, 0.3) is 0 Å². The molecule has 0 amide bonds. The number of unbranched alkanes of at least 4 members (excludes halogenated alkanes) is 1. The Labute approximate surface area is 203 Å². The Morgan fingerprint density at radius 1 is 0.882 bits per heavy atom. The van der Waals surface area contributed by atoms with Crippen LogP contribution in [0.15, 0.2) is 98.2 Å². The lowest BCUT2D eigenvalue weighted by molar-refractivity contribution is 0.453. The number of nitrogens with zero attached hydrogens (tertiary/aromatic N) is 1. The lowest BCUT2D eigenvalue weighted by Crippen LogP contribution is -2.40. The van der Waals surface area contributed by atoms with Gasteiger partial charge < -0.3 is 0 Å². The second kappa shape index (κ2) is 10.0. The zero-order valence-corrected chi connectivity index (χ0v) is 21.3. The SMILES string of the molecule is CCCCC1=C2CN(S(=O)(=O)c3ccc(C)cc3)CC(S(=O)(=O)c3ccccc3)=C2C=CCC1. The molecule has 2 aliphatic rings. The van der Waals surface area contributed by atoms with E-state index in [1.807, 2.05) is 19.1 Å². The molecule has 2 aromatic rings. The number of fused-ring (bicyclic) bond motifs is 1. The molecule has 0 unspecified atom stereocenters. The summed E-state index contributed by atoms with van der Waals surface area (Å²) in [6, 6.07) is 15.0. The van der Waals surface area contributed by atoms with Gasteiger partial charge in [-0.2, -0.15) is 4.31 Å². The Hall–Kier alpha value is -2.48. The van der Waals surface area contributed by atoms with Crippen LogP contribution in [0, 0.1) is 6.92 Å². The van der Waals surface area contributed by atoms with E-state index in [0.717, 1.165) is 48.8 Å². The molecule has 0 saturated carbocycles. The first-order valence-corrected chi connectivity index (χ1v) is 14.7. The third-order valence-electron chi connectivity index (χ3n) is 6.47. The molecular weight excluding hydrogens is 466 g/mol. The highest BCUT2D eigenvalue weighted by atomic mass is 32.2. The summed E-state index contributed by atoms with van der Waals surface area (Å²) in [7, 11) is -7.77. The minimum atomic E-state index is -3.89. The average Bonchev–Trinajstić information content (AvgIpc) is 3.05. The quantitative estimate of drug-likeness (QED) is 0.502. The van der Waals surface area contributed by atoms with Gasteiger partial charge in [0, 0.05) is 6.54 Å². The topological polar surface area (TPSA) is 71.5 Å². The van der Waals surface area contributed by atoms with E-state index in [9.17, 15) is 16.8 Å². The van der Waals surface area contributed by atoms with Crippen molar-refractivity contribution in [2.75, 3.05) is 13.1 Å². The monoisotopic (exact) mass is 497 g/mol. The van der Waals surface area contributed by atoms with Gasteiger partial charge in [0.25, 0.3) is 0 Å². The van der Waals surface area contributed by atoms with Crippen LogP contribution >= 0.6 is 0 Å². The first-order valence-electron chi connectivity index (χ1n) is 11.7. The van der Waals surface area contributed by atoms with Gasteiger partial charge in [0.2, 0.25) is 19.9 Å². The van der Waals surface area contributed by atoms with Gasteiger partial charge in [0.1, 0.15) is 0 Å². The molecule has 1 aliphatic carbocycles. The van der Waals surface area contributed by atoms with E-state index in [1.54, 1.807) is 54.6 Å². The zero-order chi connectivity index (χ0) is 24.3. The van der Waals surface area contributed by atoms with Crippen LogP contribution < -0.4 is 0 Å². The van der Waals surface area contributed by atoms with Crippen molar-refractivity contribution < 1.29 is 16.8 Å². The summed E-state index contributed by atoms with van der Waals surface area (Å²) in [6.07, 6.45) is 8.37. The summed E-state index contributed by atoms with van der Waals surface area (Å²) >= 11 is 0. The largest absolute Gasteiger partial charge is 0.243 e. The third-order valence-corrected chi connectivity index (χ3v) is 10.2. The summed E-state index contributed by atoms with van der Waals surface area (Å²) < 4.78 is 56.2. The van der Waals surface area contributed by atoms with E-state index in [2.05, 4.69) is 6.92 Å². The Balaban J connectivity index is 1.90. The molecule has 2 aromatic carbocycles. The minimum Gasteiger partial charge on any atom is -0.219 e. The number of sulfone groups is 1. The number of allylic oxidation sites excluding steroid dienone is 3. The maximum absolute atomic E-state index is 13.8. The fraction of sp³-hybridized carbons (Fsp3) is 0.333. The summed E-state index contributed by atoms with van der Waals surface area (Å²) in [4.78, 5) is 0.514. The molecule has 34 heavy (non-hydrogen) atoms. The standard InChI is InChI=1S/C27H31NO4S2/c1-3-4-10-22-11-8-9-14-25-26(22)19-28(34(31,32)24-17-15-21(2)16-18-24)20-27(25)33(29,30)23-12-6-5-7-13-23/h5-7,9,12-18H,3-4,8,10-11,19-20H2,1-2H3. The number of sulfonamides is 1. The van der Waals surface area contributed by atoms with E-state index in [4.69, 9.17) is 0 Å². The van der Waals surface area contributed by atoms with Crippen LogP contribution in [-0.4, -0.2) is 34.2 Å². The first-order chi connectivity index (χ1) is 16.2. The van der Waals surface area contributed by atoms with E-state index < -0.39 is 19.9 Å². The minimum absolute atomic E-state index is 0.155. The van der Waals surface area contributed by atoms with E-state index in [0.29, 0.717) is 5.57 Å². The highest BCUT2D eigenvalue weighted by molar-refractivity contribution is 7.95. The molecule has 0 aromatic heterocycles. The zero-order valence-electron chi connectivity index (χ0n) is 19.7. The van der Waals surface area contributed by atoms with Crippen LogP contribution in [0.2, 0.25) is 0 Å². The second-order valence-corrected chi connectivity index (χ2v) is 12.8. The predicted octanol–water partition coefficient (Wildman–Crippen LogP) is 5.56. The second-order valence-electron chi connectivity index (χ2n) is 8.87. The van der Waals surface area contributed by atoms with E-state index in [1.165, 1.54) is 4.31 Å². The molecule has 0 atom stereocenters. The summed E-state index contributed by atoms with van der Waals surface area (Å²) in [6.45, 7) is 4.02. The number of rotatable bonds is 7. The Morgan fingerprint density at radius 3 is 2.26 bits per heavy atom. The summed E-state index contributed by atoms with van der Waals surface area (Å²) in [5.41, 5.74) is 3.64. The van der Waals surface area contributed by atoms with Gasteiger partial charge in [-0.15, -0.1) is 0 Å². The number of hydrogen-bond donors (Lipinski definition) is 0. The number of hydrogen-bond acceptors (Lipinski definition) is 4. The molecule has 0 spiro atoms. The number of benzene rings is 2. The van der Waals surface area contributed by atoms with Crippen LogP contribution in [0.1, 0.15) is 44.6 Å². The highest BCUT2D eigenvalue weighted by Gasteiger charge is 2.37. The van der Waals surface area contributed by atoms with Gasteiger partial charge in [-0.25, -0.2) is 16.8 Å². The fourth-order valence-corrected chi connectivity index (χ4v) is 7.57. The van der Waals surface area contributed by atoms with Crippen molar-refractivity contribution in [1.29, 1.82) is 0 Å². The van der Waals surface area contributed by atoms with Crippen molar-refractivity contribution in [3.05, 3.63) is 93.9 Å². The van der Waals surface area contributed by atoms with E-state index in [-0.39, 0.29) is 27.8 Å². The maximum atomic E-state index is 13.8. The first kappa shape index (κ1) is 24.6. The molecule has 5 nitrogen and oxygen atoms in total. The average molecular weight is 498 g/mol. The third kappa shape index (κ3) is 4.83. The van der Waals surface area contributed by atoms with Crippen LogP contribution in [0.3, 0.4) is 0 Å². The normalized spacial score (nSPS) is 17.6. The molecule has 180 valence electrons. The van der Waals surface area contributed by atoms with E-state index >= 15 is 0 Å². The fourth-order valence-electron chi connectivity index (χ4n) is 4.50. The van der Waals surface area contributed by atoms with Gasteiger partial charge in [-0.05, 0) is 68.0 Å². The predicted molar refractivity (Wildman–Crippen MR) is 136 cm³/mol. The van der Waals surface area contributed by atoms with Crippen molar-refractivity contribution >= 4 is 19.9 Å². The van der Waals surface area contributed by atoms with Gasteiger partial charge in [-0.1, -0.05) is 67.0 Å². The molecule has 0 radical (unpaired) electrons. The number of aryl methyl sites for hydroxylation is 1. The molecule has 0 saturated heterocycles. The van der Waals surface area contributed by atoms with Crippen LogP contribution in [-0.2, 0) is 19.9 Å². The van der Waals surface area contributed by atoms with Gasteiger partial charge in [0.15, 0.2) is 0 Å². The van der Waals surface area contributed by atoms with Gasteiger partial charge >= 0.3 is 0 Å². The molecule has 0 fully saturated rings. The molecule has 1 heterocycles.